The number of rotatable bonds is 13. The van der Waals surface area contributed by atoms with Crippen LogP contribution in [0.25, 0.3) is 0 Å². The van der Waals surface area contributed by atoms with E-state index in [0.717, 1.165) is 0 Å². The van der Waals surface area contributed by atoms with Crippen LogP contribution in [0.5, 0.6) is 17.4 Å². The number of ketones is 1. The number of aromatic nitrogens is 2. The molecule has 39 heavy (non-hydrogen) atoms. The lowest BCUT2D eigenvalue weighted by atomic mass is 10.0. The van der Waals surface area contributed by atoms with Gasteiger partial charge in [0.2, 0.25) is 0 Å². The minimum atomic E-state index is -4.21. The maximum atomic E-state index is 12.8. The molecule has 0 bridgehead atoms. The number of carbonyl (C=O) groups excluding carboxylic acids is 1. The standard InChI is InChI=1S/C26H23ClN2O9S/c1-34-22-12-9-19(24(30)18-7-10-20(27)11-8-18)17-23(22)36-15-13-35-14-16-37-25-26(29(31)38-28-25)39(32,33)21-5-3-2-4-6-21/h2-12,17H,13-16H2,1H3. The van der Waals surface area contributed by atoms with Crippen molar-refractivity contribution in [3.63, 3.8) is 0 Å². The topological polar surface area (TPSA) is 141 Å². The van der Waals surface area contributed by atoms with E-state index in [-0.39, 0.29) is 42.0 Å². The fourth-order valence-corrected chi connectivity index (χ4v) is 4.87. The van der Waals surface area contributed by atoms with Crippen molar-refractivity contribution >= 4 is 27.2 Å². The Balaban J connectivity index is 1.28. The molecule has 1 heterocycles. The van der Waals surface area contributed by atoms with Crippen molar-refractivity contribution < 1.29 is 41.7 Å². The van der Waals surface area contributed by atoms with Gasteiger partial charge in [0.25, 0.3) is 9.84 Å². The lowest BCUT2D eigenvalue weighted by Crippen LogP contribution is -2.31. The van der Waals surface area contributed by atoms with Gasteiger partial charge in [0, 0.05) is 16.1 Å². The van der Waals surface area contributed by atoms with Gasteiger partial charge in [0.1, 0.15) is 13.2 Å². The predicted molar refractivity (Wildman–Crippen MR) is 137 cm³/mol. The van der Waals surface area contributed by atoms with E-state index < -0.39 is 20.7 Å². The zero-order chi connectivity index (χ0) is 27.8. The lowest BCUT2D eigenvalue weighted by molar-refractivity contribution is -0.832. The number of benzene rings is 3. The molecule has 0 N–H and O–H groups in total. The Morgan fingerprint density at radius 1 is 0.923 bits per heavy atom. The Labute approximate surface area is 228 Å². The van der Waals surface area contributed by atoms with Crippen LogP contribution in [0.2, 0.25) is 5.02 Å². The van der Waals surface area contributed by atoms with Crippen molar-refractivity contribution in [2.45, 2.75) is 9.92 Å². The van der Waals surface area contributed by atoms with Gasteiger partial charge in [-0.15, -0.1) is 0 Å². The number of ether oxygens (including phenoxy) is 4. The van der Waals surface area contributed by atoms with Crippen LogP contribution in [0.3, 0.4) is 0 Å². The number of sulfone groups is 1. The van der Waals surface area contributed by atoms with E-state index in [1.54, 1.807) is 48.5 Å². The second-order valence-electron chi connectivity index (χ2n) is 7.87. The van der Waals surface area contributed by atoms with Crippen LogP contribution in [0.15, 0.2) is 87.3 Å². The minimum absolute atomic E-state index is 0.0339. The van der Waals surface area contributed by atoms with E-state index in [1.807, 2.05) is 0 Å². The van der Waals surface area contributed by atoms with Gasteiger partial charge in [-0.3, -0.25) is 9.42 Å². The highest BCUT2D eigenvalue weighted by atomic mass is 35.5. The largest absolute Gasteiger partial charge is 0.493 e. The van der Waals surface area contributed by atoms with Crippen LogP contribution in [0, 0.1) is 5.21 Å². The van der Waals surface area contributed by atoms with Crippen LogP contribution < -0.4 is 19.1 Å². The number of halogens is 1. The maximum Gasteiger partial charge on any atom is 0.415 e. The van der Waals surface area contributed by atoms with E-state index in [9.17, 15) is 18.4 Å². The molecule has 4 aromatic rings. The third kappa shape index (κ3) is 6.66. The van der Waals surface area contributed by atoms with Gasteiger partial charge < -0.3 is 24.2 Å². The van der Waals surface area contributed by atoms with Crippen LogP contribution in [0.1, 0.15) is 15.9 Å². The Morgan fingerprint density at radius 3 is 2.28 bits per heavy atom. The second-order valence-corrected chi connectivity index (χ2v) is 10.2. The Kier molecular flexibility index (Phi) is 9.02. The summed E-state index contributed by atoms with van der Waals surface area (Å²) in [4.78, 5) is 12.5. The molecule has 13 heteroatoms. The summed E-state index contributed by atoms with van der Waals surface area (Å²) >= 11 is 5.90. The molecule has 0 radical (unpaired) electrons. The Bertz CT molecular complexity index is 1530. The molecule has 3 aromatic carbocycles. The van der Waals surface area contributed by atoms with Crippen molar-refractivity contribution in [1.82, 2.24) is 5.16 Å². The number of hydrogen-bond donors (Lipinski definition) is 0. The van der Waals surface area contributed by atoms with E-state index in [1.165, 1.54) is 31.4 Å². The Morgan fingerprint density at radius 2 is 1.59 bits per heavy atom. The van der Waals surface area contributed by atoms with Crippen LogP contribution in [-0.4, -0.2) is 52.9 Å². The first kappa shape index (κ1) is 27.9. The van der Waals surface area contributed by atoms with Crippen molar-refractivity contribution in [3.05, 3.63) is 94.2 Å². The fourth-order valence-electron chi connectivity index (χ4n) is 3.45. The molecule has 0 fully saturated rings. The molecular formula is C26H23ClN2O9S. The van der Waals surface area contributed by atoms with Crippen LogP contribution in [-0.2, 0) is 14.6 Å². The molecule has 0 unspecified atom stereocenters. The van der Waals surface area contributed by atoms with Crippen molar-refractivity contribution in [2.24, 2.45) is 0 Å². The lowest BCUT2D eigenvalue weighted by Gasteiger charge is -2.12. The SMILES string of the molecule is COc1ccc(C(=O)c2ccc(Cl)cc2)cc1OCCOCCOc1no[n+]([O-])c1S(=O)(=O)c1ccccc1. The molecule has 0 aliphatic rings. The molecule has 0 spiro atoms. The molecule has 1 aromatic heterocycles. The summed E-state index contributed by atoms with van der Waals surface area (Å²) < 4.78 is 51.8. The summed E-state index contributed by atoms with van der Waals surface area (Å²) in [5.74, 6) is 0.125. The number of carbonyl (C=O) groups is 1. The molecule has 11 nitrogen and oxygen atoms in total. The molecule has 0 aliphatic heterocycles. The normalized spacial score (nSPS) is 11.2. The summed E-state index contributed by atoms with van der Waals surface area (Å²) in [6, 6.07) is 18.8. The van der Waals surface area contributed by atoms with Crippen molar-refractivity contribution in [1.29, 1.82) is 0 Å². The smallest absolute Gasteiger partial charge is 0.415 e. The molecule has 0 amide bonds. The third-order valence-corrected chi connectivity index (χ3v) is 7.32. The molecule has 0 aliphatic carbocycles. The third-order valence-electron chi connectivity index (χ3n) is 5.34. The first-order valence-electron chi connectivity index (χ1n) is 11.5. The predicted octanol–water partition coefficient (Wildman–Crippen LogP) is 3.51. The molecule has 0 saturated carbocycles. The number of nitrogens with zero attached hydrogens (tertiary/aromatic N) is 2. The molecule has 4 rings (SSSR count). The van der Waals surface area contributed by atoms with Crippen LogP contribution >= 0.6 is 11.6 Å². The average Bonchev–Trinajstić information content (AvgIpc) is 3.33. The van der Waals surface area contributed by atoms with E-state index in [4.69, 9.17) is 30.5 Å². The first-order chi connectivity index (χ1) is 18.8. The quantitative estimate of drug-likeness (QED) is 0.132. The van der Waals surface area contributed by atoms with Gasteiger partial charge in [0.15, 0.2) is 17.3 Å². The fraction of sp³-hybridized carbons (Fsp3) is 0.192. The molecule has 0 saturated heterocycles. The zero-order valence-corrected chi connectivity index (χ0v) is 22.2. The summed E-state index contributed by atoms with van der Waals surface area (Å²) in [7, 11) is -2.72. The van der Waals surface area contributed by atoms with E-state index in [2.05, 4.69) is 9.79 Å². The van der Waals surface area contributed by atoms with E-state index >= 15 is 0 Å². The van der Waals surface area contributed by atoms with E-state index in [0.29, 0.717) is 27.6 Å². The highest BCUT2D eigenvalue weighted by Gasteiger charge is 2.35. The number of methoxy groups -OCH3 is 1. The minimum Gasteiger partial charge on any atom is -0.493 e. The molecule has 0 atom stereocenters. The van der Waals surface area contributed by atoms with Crippen LogP contribution in [0.4, 0.5) is 0 Å². The summed E-state index contributed by atoms with van der Waals surface area (Å²) in [6.45, 7) is 0.175. The van der Waals surface area contributed by atoms with Crippen molar-refractivity contribution in [3.8, 4) is 17.4 Å². The summed E-state index contributed by atoms with van der Waals surface area (Å²) in [5, 5.41) is 15.1. The van der Waals surface area contributed by atoms with Gasteiger partial charge >= 0.3 is 10.9 Å². The molecular weight excluding hydrogens is 552 g/mol. The Hall–Kier alpha value is -4.13. The van der Waals surface area contributed by atoms with Gasteiger partial charge in [-0.2, -0.15) is 0 Å². The summed E-state index contributed by atoms with van der Waals surface area (Å²) in [5.41, 5.74) is 0.889. The highest BCUT2D eigenvalue weighted by molar-refractivity contribution is 7.91. The van der Waals surface area contributed by atoms with Crippen molar-refractivity contribution in [2.75, 3.05) is 33.5 Å². The monoisotopic (exact) mass is 574 g/mol. The van der Waals surface area contributed by atoms with Gasteiger partial charge in [-0.25, -0.2) is 8.42 Å². The molecule has 204 valence electrons. The second kappa shape index (κ2) is 12.6. The number of hydrogen-bond acceptors (Lipinski definition) is 10. The average molecular weight is 575 g/mol. The maximum absolute atomic E-state index is 12.8. The van der Waals surface area contributed by atoms with Gasteiger partial charge in [-0.1, -0.05) is 29.8 Å². The summed E-state index contributed by atoms with van der Waals surface area (Å²) in [6.07, 6.45) is 0. The van der Waals surface area contributed by atoms with Gasteiger partial charge in [-0.05, 0) is 59.5 Å². The highest BCUT2D eigenvalue weighted by Crippen LogP contribution is 2.29. The first-order valence-corrected chi connectivity index (χ1v) is 13.4. The van der Waals surface area contributed by atoms with Gasteiger partial charge in [0.05, 0.1) is 30.4 Å². The zero-order valence-electron chi connectivity index (χ0n) is 20.6.